The van der Waals surface area contributed by atoms with Gasteiger partial charge in [0.2, 0.25) is 5.91 Å². The van der Waals surface area contributed by atoms with Crippen molar-refractivity contribution in [1.82, 2.24) is 4.90 Å². The number of aryl methyl sites for hydroxylation is 2. The van der Waals surface area contributed by atoms with E-state index in [1.807, 2.05) is 45.9 Å². The summed E-state index contributed by atoms with van der Waals surface area (Å²) in [5.41, 5.74) is 1.32. The molecule has 38 heavy (non-hydrogen) atoms. The second kappa shape index (κ2) is 10.9. The molecule has 1 aromatic rings. The normalized spacial score (nSPS) is 30.3. The second-order valence-electron chi connectivity index (χ2n) is 10.8. The van der Waals surface area contributed by atoms with E-state index in [0.717, 1.165) is 16.8 Å². The Morgan fingerprint density at radius 1 is 1.29 bits per heavy atom. The lowest BCUT2D eigenvalue weighted by atomic mass is 9.70. The highest BCUT2D eigenvalue weighted by Gasteiger charge is 2.77. The number of halogens is 1. The molecule has 4 rings (SSSR count). The predicted octanol–water partition coefficient (Wildman–Crippen LogP) is 3.32. The predicted molar refractivity (Wildman–Crippen MR) is 148 cm³/mol. The fourth-order valence-electron chi connectivity index (χ4n) is 6.63. The maximum absolute atomic E-state index is 14.7. The number of hydrogen-bond acceptors (Lipinski definition) is 6. The highest BCUT2D eigenvalue weighted by molar-refractivity contribution is 9.09. The van der Waals surface area contributed by atoms with Gasteiger partial charge in [-0.2, -0.15) is 0 Å². The summed E-state index contributed by atoms with van der Waals surface area (Å²) in [6, 6.07) is 4.13. The fourth-order valence-corrected chi connectivity index (χ4v) is 7.57. The van der Waals surface area contributed by atoms with Gasteiger partial charge in [0.05, 0.1) is 30.6 Å². The van der Waals surface area contributed by atoms with Crippen LogP contribution < -0.4 is 4.90 Å². The maximum atomic E-state index is 14.7. The third kappa shape index (κ3) is 4.32. The van der Waals surface area contributed by atoms with Crippen LogP contribution in [0.2, 0.25) is 0 Å². The van der Waals surface area contributed by atoms with Crippen LogP contribution in [0.1, 0.15) is 31.4 Å². The van der Waals surface area contributed by atoms with Crippen LogP contribution in [0.5, 0.6) is 0 Å². The minimum Gasteiger partial charge on any atom is -0.461 e. The van der Waals surface area contributed by atoms with Gasteiger partial charge in [0.1, 0.15) is 18.2 Å². The average molecular weight is 590 g/mol. The van der Waals surface area contributed by atoms with Crippen LogP contribution in [0.3, 0.4) is 0 Å². The molecule has 0 saturated carbocycles. The Balaban J connectivity index is 1.88. The average Bonchev–Trinajstić information content (AvgIpc) is 3.45. The second-order valence-corrected chi connectivity index (χ2v) is 12.0. The summed E-state index contributed by atoms with van der Waals surface area (Å²) in [5.74, 6) is -3.15. The lowest BCUT2D eigenvalue weighted by Gasteiger charge is -2.41. The fraction of sp³-hybridized carbons (Fsp3) is 0.552. The van der Waals surface area contributed by atoms with E-state index in [4.69, 9.17) is 9.47 Å². The number of benzene rings is 1. The minimum atomic E-state index is -1.25. The van der Waals surface area contributed by atoms with Gasteiger partial charge in [-0.3, -0.25) is 14.4 Å². The Morgan fingerprint density at radius 2 is 1.95 bits per heavy atom. The molecule has 7 atom stereocenters. The molecule has 206 valence electrons. The lowest BCUT2D eigenvalue weighted by molar-refractivity contribution is -0.155. The topological polar surface area (TPSA) is 96.4 Å². The van der Waals surface area contributed by atoms with Crippen LogP contribution >= 0.6 is 15.9 Å². The molecular formula is C29H37BrN2O6. The summed E-state index contributed by atoms with van der Waals surface area (Å²) < 4.78 is 11.9. The summed E-state index contributed by atoms with van der Waals surface area (Å²) in [4.78, 5) is 45.1. The Kier molecular flexibility index (Phi) is 8.21. The van der Waals surface area contributed by atoms with Crippen molar-refractivity contribution in [3.8, 4) is 0 Å². The molecule has 1 N–H and O–H groups in total. The van der Waals surface area contributed by atoms with Crippen molar-refractivity contribution in [3.63, 3.8) is 0 Å². The quantitative estimate of drug-likeness (QED) is 0.256. The number of likely N-dealkylation sites (tertiary alicyclic amines) is 1. The highest BCUT2D eigenvalue weighted by atomic mass is 79.9. The maximum Gasteiger partial charge on any atom is 0.312 e. The number of aliphatic hydroxyl groups excluding tert-OH is 1. The van der Waals surface area contributed by atoms with E-state index in [-0.39, 0.29) is 42.3 Å². The molecule has 3 heterocycles. The minimum absolute atomic E-state index is 0.0138. The SMILES string of the molecule is C=CCOC(=O)[C@H]1[C@H]2C(=O)N([C@@H](CO)C(C)C)C(C(=O)N(CC=C)c3c(C)cccc3C)C23CC(Br)[C@@H]1O3. The molecule has 0 radical (unpaired) electrons. The monoisotopic (exact) mass is 588 g/mol. The summed E-state index contributed by atoms with van der Waals surface area (Å²) in [5, 5.41) is 10.4. The molecule has 8 nitrogen and oxygen atoms in total. The molecule has 9 heteroatoms. The zero-order chi connectivity index (χ0) is 27.9. The molecule has 2 bridgehead atoms. The van der Waals surface area contributed by atoms with Gasteiger partial charge in [-0.1, -0.05) is 66.7 Å². The van der Waals surface area contributed by atoms with Gasteiger partial charge in [0, 0.05) is 17.1 Å². The molecule has 1 aromatic carbocycles. The number of amides is 2. The van der Waals surface area contributed by atoms with Gasteiger partial charge in [0.25, 0.3) is 5.91 Å². The molecule has 3 fully saturated rings. The molecule has 3 unspecified atom stereocenters. The summed E-state index contributed by atoms with van der Waals surface area (Å²) >= 11 is 3.67. The highest BCUT2D eigenvalue weighted by Crippen LogP contribution is 2.61. The van der Waals surface area contributed by atoms with Gasteiger partial charge in [-0.15, -0.1) is 6.58 Å². The van der Waals surface area contributed by atoms with Crippen LogP contribution in [0, 0.1) is 31.6 Å². The molecule has 3 saturated heterocycles. The first-order valence-corrected chi connectivity index (χ1v) is 14.0. The van der Waals surface area contributed by atoms with E-state index < -0.39 is 41.6 Å². The van der Waals surface area contributed by atoms with Crippen molar-refractivity contribution in [1.29, 1.82) is 0 Å². The van der Waals surface area contributed by atoms with E-state index in [1.165, 1.54) is 11.0 Å². The molecule has 1 spiro atoms. The number of carbonyl (C=O) groups excluding carboxylic acids is 3. The first kappa shape index (κ1) is 28.5. The number of nitrogens with zero attached hydrogens (tertiary/aromatic N) is 2. The van der Waals surface area contributed by atoms with Crippen LogP contribution in [-0.2, 0) is 23.9 Å². The number of esters is 1. The van der Waals surface area contributed by atoms with Gasteiger partial charge >= 0.3 is 5.97 Å². The number of aliphatic hydroxyl groups is 1. The van der Waals surface area contributed by atoms with E-state index >= 15 is 0 Å². The van der Waals surface area contributed by atoms with Gasteiger partial charge in [0.15, 0.2) is 0 Å². The molecule has 0 aliphatic carbocycles. The molecule has 2 amide bonds. The van der Waals surface area contributed by atoms with E-state index in [1.54, 1.807) is 11.0 Å². The Labute approximate surface area is 232 Å². The number of alkyl halides is 1. The third-order valence-corrected chi connectivity index (χ3v) is 9.02. The third-order valence-electron chi connectivity index (χ3n) is 8.18. The number of rotatable bonds is 10. The smallest absolute Gasteiger partial charge is 0.312 e. The first-order chi connectivity index (χ1) is 18.0. The van der Waals surface area contributed by atoms with Gasteiger partial charge in [-0.05, 0) is 37.3 Å². The summed E-state index contributed by atoms with van der Waals surface area (Å²) in [6.07, 6.45) is 2.89. The van der Waals surface area contributed by atoms with Crippen molar-refractivity contribution in [3.05, 3.63) is 54.6 Å². The van der Waals surface area contributed by atoms with Crippen molar-refractivity contribution in [2.75, 3.05) is 24.7 Å². The number of hydrogen-bond donors (Lipinski definition) is 1. The van der Waals surface area contributed by atoms with Crippen LogP contribution in [-0.4, -0.2) is 76.2 Å². The molecule has 3 aliphatic heterocycles. The number of anilines is 1. The van der Waals surface area contributed by atoms with Crippen LogP contribution in [0.25, 0.3) is 0 Å². The standard InChI is InChI=1S/C29H37BrN2O6/c1-7-12-31(23-17(5)10-9-11-18(23)6)27(35)25-29-14-19(30)24(38-29)21(28(36)37-13-8-2)22(29)26(34)32(25)20(15-33)16(3)4/h7-11,16,19-22,24-25,33H,1-2,12-15H2,3-6H3/t19?,20-,21-,22-,24-,25?,29?/m0/s1. The number of carbonyl (C=O) groups is 3. The van der Waals surface area contributed by atoms with Gasteiger partial charge in [-0.25, -0.2) is 0 Å². The zero-order valence-corrected chi connectivity index (χ0v) is 24.0. The largest absolute Gasteiger partial charge is 0.461 e. The zero-order valence-electron chi connectivity index (χ0n) is 22.4. The van der Waals surface area contributed by atoms with Crippen molar-refractivity contribution < 1.29 is 29.0 Å². The first-order valence-electron chi connectivity index (χ1n) is 13.1. The summed E-state index contributed by atoms with van der Waals surface area (Å²) in [7, 11) is 0. The Morgan fingerprint density at radius 3 is 2.50 bits per heavy atom. The summed E-state index contributed by atoms with van der Waals surface area (Å²) in [6.45, 7) is 15.1. The number of ether oxygens (including phenoxy) is 2. The Hall–Kier alpha value is -2.49. The lowest BCUT2D eigenvalue weighted by Crippen LogP contribution is -2.60. The van der Waals surface area contributed by atoms with E-state index in [0.29, 0.717) is 6.42 Å². The number of fused-ring (bicyclic) bond motifs is 1. The van der Waals surface area contributed by atoms with Crippen LogP contribution in [0.15, 0.2) is 43.5 Å². The van der Waals surface area contributed by atoms with Crippen LogP contribution in [0.4, 0.5) is 5.69 Å². The number of para-hydroxylation sites is 1. The van der Waals surface area contributed by atoms with E-state index in [9.17, 15) is 19.5 Å². The van der Waals surface area contributed by atoms with Gasteiger partial charge < -0.3 is 24.4 Å². The van der Waals surface area contributed by atoms with Crippen molar-refractivity contribution >= 4 is 39.4 Å². The van der Waals surface area contributed by atoms with E-state index in [2.05, 4.69) is 29.1 Å². The van der Waals surface area contributed by atoms with Crippen molar-refractivity contribution in [2.24, 2.45) is 17.8 Å². The molecular weight excluding hydrogens is 552 g/mol. The van der Waals surface area contributed by atoms with Crippen molar-refractivity contribution in [2.45, 2.75) is 62.7 Å². The Bertz CT molecular complexity index is 1120. The molecule has 0 aromatic heterocycles. The molecule has 3 aliphatic rings.